The fourth-order valence-corrected chi connectivity index (χ4v) is 11.9. The second-order valence-corrected chi connectivity index (χ2v) is 20.5. The number of ether oxygens (including phenoxy) is 5. The van der Waals surface area contributed by atoms with E-state index in [0.717, 1.165) is 27.8 Å². The number of nitrogens with zero attached hydrogens (tertiary/aromatic N) is 9. The number of nitrogens with two attached hydrogens (primary N) is 2. The van der Waals surface area contributed by atoms with Crippen LogP contribution in [0.2, 0.25) is 0 Å². The van der Waals surface area contributed by atoms with E-state index in [1.54, 1.807) is 40.7 Å². The Balaban J connectivity index is 0.990. The molecule has 5 N–H and O–H groups in total. The zero-order valence-electron chi connectivity index (χ0n) is 41.6. The third-order valence-electron chi connectivity index (χ3n) is 13.8. The van der Waals surface area contributed by atoms with Gasteiger partial charge in [0.05, 0.1) is 46.2 Å². The molecule has 2 aliphatic rings. The zero-order valence-corrected chi connectivity index (χ0v) is 42.5. The molecule has 2 aliphatic heterocycles. The van der Waals surface area contributed by atoms with Crippen molar-refractivity contribution in [2.75, 3.05) is 38.9 Å². The van der Waals surface area contributed by atoms with Gasteiger partial charge in [-0.05, 0) is 52.1 Å². The maximum absolute atomic E-state index is 16.6. The average molecular weight is 1050 g/mol. The Bertz CT molecular complexity index is 3340. The first-order valence-corrected chi connectivity index (χ1v) is 26.2. The van der Waals surface area contributed by atoms with Gasteiger partial charge in [0.1, 0.15) is 71.6 Å². The van der Waals surface area contributed by atoms with Gasteiger partial charge in [0.15, 0.2) is 22.9 Å². The van der Waals surface area contributed by atoms with Gasteiger partial charge in [-0.2, -0.15) is 4.67 Å². The normalized spacial score (nSPS) is 20.6. The molecule has 0 saturated carbocycles. The summed E-state index contributed by atoms with van der Waals surface area (Å²) in [4.78, 5) is 26.1. The van der Waals surface area contributed by atoms with E-state index in [1.165, 1.54) is 12.7 Å². The predicted octanol–water partition coefficient (Wildman–Crippen LogP) is 8.00. The molecule has 9 aromatic rings. The van der Waals surface area contributed by atoms with Gasteiger partial charge < -0.3 is 40.3 Å². The van der Waals surface area contributed by atoms with Crippen LogP contribution in [0.15, 0.2) is 165 Å². The van der Waals surface area contributed by atoms with Gasteiger partial charge in [-0.1, -0.05) is 115 Å². The van der Waals surface area contributed by atoms with E-state index < -0.39 is 50.2 Å². The molecule has 2 saturated heterocycles. The Kier molecular flexibility index (Phi) is 14.6. The fraction of sp³-hybridized carbons (Fsp3) is 0.273. The van der Waals surface area contributed by atoms with Crippen molar-refractivity contribution in [1.82, 2.24) is 43.7 Å². The van der Waals surface area contributed by atoms with Gasteiger partial charge in [-0.15, -0.1) is 0 Å². The van der Waals surface area contributed by atoms with Crippen molar-refractivity contribution in [3.05, 3.63) is 193 Å². The topological polar surface area (TPSA) is 244 Å². The number of nitrogen functional groups attached to an aromatic ring is 2. The van der Waals surface area contributed by atoms with Crippen molar-refractivity contribution in [2.24, 2.45) is 0 Å². The van der Waals surface area contributed by atoms with Crippen LogP contribution in [-0.4, -0.2) is 101 Å². The molecule has 0 spiro atoms. The number of aliphatic hydroxyl groups excluding tert-OH is 1. The number of methoxy groups -OCH3 is 2. The number of rotatable bonds is 20. The van der Waals surface area contributed by atoms with Gasteiger partial charge >= 0.3 is 7.75 Å². The molecule has 21 heteroatoms. The molecule has 0 aliphatic carbocycles. The van der Waals surface area contributed by atoms with E-state index in [-0.39, 0.29) is 50.8 Å². The molecular formula is C55H56N11O9P. The van der Waals surface area contributed by atoms with Gasteiger partial charge in [0.25, 0.3) is 0 Å². The standard InChI is InChI=1S/C55H56N11O9P/c1-69-41-22-18-39(19-23-41)55(38-16-10-5-11-17-38,40-20-24-42(70-2)25-21-40)71-30-46-44(27-48(74-46)66-35-63-50-52(57)59-33-61-54(50)66)75-76(68,64(28-36-12-6-3-7-13-36)29-37-14-8-4-9-15-37)72-31-45-43(67)26-47(73-45)65-34-62-49-51(56)58-32-60-53(49)65/h3-25,32-35,43-48,67H,26-31H2,1-2H3,(H2,56,58,60)(H2,57,59,61)/t43-,44-,45+,46+,47+,48+,76?/m0/s1. The van der Waals surface area contributed by atoms with E-state index in [0.29, 0.717) is 33.8 Å². The van der Waals surface area contributed by atoms with Crippen molar-refractivity contribution in [3.8, 4) is 11.5 Å². The van der Waals surface area contributed by atoms with Crippen LogP contribution in [0, 0.1) is 0 Å². The van der Waals surface area contributed by atoms with Crippen molar-refractivity contribution in [3.63, 3.8) is 0 Å². The quantitative estimate of drug-likeness (QED) is 0.0483. The number of aromatic nitrogens is 8. The van der Waals surface area contributed by atoms with Gasteiger partial charge in [0.2, 0.25) is 0 Å². The van der Waals surface area contributed by atoms with E-state index >= 15 is 4.57 Å². The average Bonchev–Trinajstić information content (AvgIpc) is 4.34. The summed E-state index contributed by atoms with van der Waals surface area (Å²) < 4.78 is 67.8. The van der Waals surface area contributed by atoms with Crippen LogP contribution < -0.4 is 20.9 Å². The first kappa shape index (κ1) is 50.5. The minimum atomic E-state index is -4.52. The Morgan fingerprint density at radius 2 is 1.09 bits per heavy atom. The monoisotopic (exact) mass is 1050 g/mol. The number of fused-ring (bicyclic) bond motifs is 2. The SMILES string of the molecule is COc1ccc(C(OC[C@H]2O[C@@H](n3cnc4c(N)ncnc43)C[C@@H]2OP(=O)(OC[C@H]2O[C@@H](n3cnc4c(N)ncnc43)C[C@@H]2O)N(Cc2ccccc2)Cc2ccccc2)(c2ccccc2)c2ccc(OC)cc2)cc1. The minimum absolute atomic E-state index is 0.103. The third kappa shape index (κ3) is 10.1. The van der Waals surface area contributed by atoms with E-state index in [1.807, 2.05) is 140 Å². The van der Waals surface area contributed by atoms with E-state index in [9.17, 15) is 5.11 Å². The highest BCUT2D eigenvalue weighted by atomic mass is 31.2. The van der Waals surface area contributed by atoms with Crippen molar-refractivity contribution in [2.45, 2.75) is 68.4 Å². The Morgan fingerprint density at radius 3 is 1.61 bits per heavy atom. The Hall–Kier alpha value is -7.65. The summed E-state index contributed by atoms with van der Waals surface area (Å²) in [5.41, 5.74) is 16.9. The molecule has 11 rings (SSSR count). The van der Waals surface area contributed by atoms with Crippen molar-refractivity contribution in [1.29, 1.82) is 0 Å². The molecule has 0 amide bonds. The highest BCUT2D eigenvalue weighted by Crippen LogP contribution is 2.57. The molecule has 6 heterocycles. The second-order valence-electron chi connectivity index (χ2n) is 18.5. The number of hydrogen-bond donors (Lipinski definition) is 3. The zero-order chi connectivity index (χ0) is 52.2. The largest absolute Gasteiger partial charge is 0.497 e. The molecule has 1 unspecified atom stereocenters. The summed E-state index contributed by atoms with van der Waals surface area (Å²) in [6, 6.07) is 44.7. The lowest BCUT2D eigenvalue weighted by Gasteiger charge is -2.38. The van der Waals surface area contributed by atoms with Gasteiger partial charge in [-0.25, -0.2) is 34.5 Å². The molecular weight excluding hydrogens is 990 g/mol. The number of imidazole rings is 2. The smallest absolute Gasteiger partial charge is 0.409 e. The molecule has 7 atom stereocenters. The molecule has 390 valence electrons. The maximum atomic E-state index is 16.6. The highest BCUT2D eigenvalue weighted by Gasteiger charge is 2.48. The van der Waals surface area contributed by atoms with Crippen LogP contribution in [0.25, 0.3) is 22.3 Å². The van der Waals surface area contributed by atoms with Gasteiger partial charge in [0, 0.05) is 25.9 Å². The summed E-state index contributed by atoms with van der Waals surface area (Å²) in [5.74, 6) is 1.75. The summed E-state index contributed by atoms with van der Waals surface area (Å²) in [7, 11) is -1.27. The lowest BCUT2D eigenvalue weighted by molar-refractivity contribution is -0.0934. The van der Waals surface area contributed by atoms with Crippen molar-refractivity contribution >= 4 is 41.7 Å². The van der Waals surface area contributed by atoms with Crippen molar-refractivity contribution < 1.29 is 42.4 Å². The predicted molar refractivity (Wildman–Crippen MR) is 281 cm³/mol. The summed E-state index contributed by atoms with van der Waals surface area (Å²) >= 11 is 0. The number of anilines is 2. The summed E-state index contributed by atoms with van der Waals surface area (Å²) in [6.07, 6.45) is 0.756. The van der Waals surface area contributed by atoms with E-state index in [4.69, 9.17) is 44.2 Å². The van der Waals surface area contributed by atoms with Crippen LogP contribution >= 0.6 is 7.75 Å². The minimum Gasteiger partial charge on any atom is -0.497 e. The lowest BCUT2D eigenvalue weighted by atomic mass is 9.80. The molecule has 4 aromatic heterocycles. The molecule has 0 radical (unpaired) electrons. The fourth-order valence-electron chi connectivity index (χ4n) is 9.95. The van der Waals surface area contributed by atoms with Crippen LogP contribution in [0.5, 0.6) is 11.5 Å². The first-order chi connectivity index (χ1) is 37.1. The highest BCUT2D eigenvalue weighted by molar-refractivity contribution is 7.51. The lowest BCUT2D eigenvalue weighted by Crippen LogP contribution is -2.39. The number of hydrogen-bond acceptors (Lipinski definition) is 17. The van der Waals surface area contributed by atoms with E-state index in [2.05, 4.69) is 29.9 Å². The Labute approximate surface area is 437 Å². The molecule has 76 heavy (non-hydrogen) atoms. The van der Waals surface area contributed by atoms with Gasteiger partial charge in [-0.3, -0.25) is 18.2 Å². The van der Waals surface area contributed by atoms with Crippen LogP contribution in [0.3, 0.4) is 0 Å². The summed E-state index contributed by atoms with van der Waals surface area (Å²) in [5, 5.41) is 11.6. The first-order valence-electron chi connectivity index (χ1n) is 24.7. The second kappa shape index (κ2) is 21.9. The molecule has 20 nitrogen and oxygen atoms in total. The third-order valence-corrected chi connectivity index (χ3v) is 15.8. The van der Waals surface area contributed by atoms with Crippen LogP contribution in [0.4, 0.5) is 11.6 Å². The number of benzene rings is 5. The number of aliphatic hydroxyl groups is 1. The van der Waals surface area contributed by atoms with Crippen LogP contribution in [0.1, 0.15) is 53.1 Å². The molecule has 0 bridgehead atoms. The molecule has 5 aromatic carbocycles. The maximum Gasteiger partial charge on any atom is 0.409 e. The molecule has 2 fully saturated rings. The van der Waals surface area contributed by atoms with Crippen LogP contribution in [-0.2, 0) is 46.5 Å². The summed E-state index contributed by atoms with van der Waals surface area (Å²) in [6.45, 7) is -0.128. The Morgan fingerprint density at radius 1 is 0.618 bits per heavy atom.